The van der Waals surface area contributed by atoms with Crippen molar-refractivity contribution in [1.82, 2.24) is 0 Å². The largest absolute Gasteiger partial charge is 0.435 e. The molecule has 0 bridgehead atoms. The van der Waals surface area contributed by atoms with E-state index in [1.54, 1.807) is 5.57 Å². The third kappa shape index (κ3) is 2.38. The molecule has 0 amide bonds. The molecule has 0 aromatic carbocycles. The third-order valence-corrected chi connectivity index (χ3v) is 6.98. The van der Waals surface area contributed by atoms with Gasteiger partial charge in [0.25, 0.3) is 0 Å². The molecule has 3 fully saturated rings. The highest BCUT2D eigenvalue weighted by molar-refractivity contribution is 5.77. The molecule has 2 unspecified atom stereocenters. The summed E-state index contributed by atoms with van der Waals surface area (Å²) < 4.78 is 11.4. The maximum Gasteiger partial charge on any atom is 0.315 e. The molecule has 3 heteroatoms. The summed E-state index contributed by atoms with van der Waals surface area (Å²) in [7, 11) is 0. The molecule has 23 heavy (non-hydrogen) atoms. The van der Waals surface area contributed by atoms with Gasteiger partial charge in [0.2, 0.25) is 6.29 Å². The van der Waals surface area contributed by atoms with E-state index in [4.69, 9.17) is 9.47 Å². The van der Waals surface area contributed by atoms with Crippen LogP contribution in [0.3, 0.4) is 0 Å². The van der Waals surface area contributed by atoms with Gasteiger partial charge in [-0.25, -0.2) is 0 Å². The summed E-state index contributed by atoms with van der Waals surface area (Å²) in [6.07, 6.45) is 7.16. The monoisotopic (exact) mass is 318 g/mol. The number of ether oxygens (including phenoxy) is 2. The molecule has 0 aromatic heterocycles. The van der Waals surface area contributed by atoms with E-state index < -0.39 is 0 Å². The summed E-state index contributed by atoms with van der Waals surface area (Å²) in [5, 5.41) is 0. The topological polar surface area (TPSA) is 35.5 Å². The van der Waals surface area contributed by atoms with Gasteiger partial charge in [-0.3, -0.25) is 4.79 Å². The minimum Gasteiger partial charge on any atom is -0.435 e. The number of hydrogen-bond donors (Lipinski definition) is 0. The second-order valence-electron chi connectivity index (χ2n) is 9.37. The van der Waals surface area contributed by atoms with Gasteiger partial charge in [0.15, 0.2) is 0 Å². The molecule has 4 aliphatic rings. The molecule has 0 radical (unpaired) electrons. The number of carbonyl (C=O) groups is 1. The predicted molar refractivity (Wildman–Crippen MR) is 88.6 cm³/mol. The van der Waals surface area contributed by atoms with Crippen LogP contribution in [0.15, 0.2) is 11.1 Å². The van der Waals surface area contributed by atoms with Gasteiger partial charge < -0.3 is 9.47 Å². The van der Waals surface area contributed by atoms with E-state index in [1.165, 1.54) is 37.7 Å². The van der Waals surface area contributed by atoms with Crippen LogP contribution in [0.1, 0.15) is 66.2 Å². The van der Waals surface area contributed by atoms with E-state index in [2.05, 4.69) is 20.8 Å². The Hall–Kier alpha value is -0.830. The van der Waals surface area contributed by atoms with Crippen molar-refractivity contribution in [2.75, 3.05) is 6.61 Å². The van der Waals surface area contributed by atoms with Crippen LogP contribution in [0.25, 0.3) is 0 Å². The summed E-state index contributed by atoms with van der Waals surface area (Å²) in [4.78, 5) is 12.4. The molecule has 2 heterocycles. The van der Waals surface area contributed by atoms with Crippen LogP contribution < -0.4 is 0 Å². The average Bonchev–Trinajstić information content (AvgIpc) is 2.86. The van der Waals surface area contributed by atoms with Crippen LogP contribution in [0.2, 0.25) is 0 Å². The zero-order valence-electron chi connectivity index (χ0n) is 15.0. The van der Waals surface area contributed by atoms with Crippen LogP contribution >= 0.6 is 0 Å². The molecule has 1 saturated carbocycles. The van der Waals surface area contributed by atoms with E-state index in [-0.39, 0.29) is 23.6 Å². The zero-order valence-corrected chi connectivity index (χ0v) is 15.0. The lowest BCUT2D eigenvalue weighted by Crippen LogP contribution is -2.44. The van der Waals surface area contributed by atoms with E-state index in [9.17, 15) is 4.79 Å². The first-order valence-corrected chi connectivity index (χ1v) is 9.36. The molecule has 128 valence electrons. The first-order chi connectivity index (χ1) is 10.8. The molecule has 3 nitrogen and oxygen atoms in total. The van der Waals surface area contributed by atoms with Crippen molar-refractivity contribution in [2.24, 2.45) is 28.6 Å². The number of hydrogen-bond acceptors (Lipinski definition) is 3. The summed E-state index contributed by atoms with van der Waals surface area (Å²) >= 11 is 0. The lowest BCUT2D eigenvalue weighted by Gasteiger charge is -2.49. The van der Waals surface area contributed by atoms with Crippen LogP contribution in [-0.4, -0.2) is 18.9 Å². The normalized spacial score (nSPS) is 45.7. The van der Waals surface area contributed by atoms with Gasteiger partial charge in [0, 0.05) is 5.92 Å². The fourth-order valence-corrected chi connectivity index (χ4v) is 6.09. The SMILES string of the molecule is CC1C(=O)OC2OC[C@@H]3CCC([C@@]4(C)CCCC(C)(C)C4)=C1[C@H]23. The fourth-order valence-electron chi connectivity index (χ4n) is 6.09. The van der Waals surface area contributed by atoms with Crippen molar-refractivity contribution in [1.29, 1.82) is 0 Å². The van der Waals surface area contributed by atoms with Gasteiger partial charge in [-0.1, -0.05) is 32.8 Å². The van der Waals surface area contributed by atoms with Crippen molar-refractivity contribution >= 4 is 5.97 Å². The smallest absolute Gasteiger partial charge is 0.315 e. The Labute approximate surface area is 139 Å². The van der Waals surface area contributed by atoms with Gasteiger partial charge in [0.1, 0.15) is 0 Å². The Kier molecular flexibility index (Phi) is 3.46. The van der Waals surface area contributed by atoms with Crippen LogP contribution in [-0.2, 0) is 14.3 Å². The first-order valence-electron chi connectivity index (χ1n) is 9.36. The van der Waals surface area contributed by atoms with Gasteiger partial charge in [0.05, 0.1) is 12.5 Å². The fraction of sp³-hybridized carbons (Fsp3) is 0.850. The number of carbonyl (C=O) groups excluding carboxylic acids is 1. The average molecular weight is 318 g/mol. The van der Waals surface area contributed by atoms with Crippen LogP contribution in [0, 0.1) is 28.6 Å². The second kappa shape index (κ2) is 5.08. The molecule has 5 atom stereocenters. The minimum atomic E-state index is -0.311. The molecular formula is C20H30O3. The number of allylic oxidation sites excluding steroid dienone is 1. The standard InChI is InChI=1S/C20H30O3/c1-12-15-14(20(4)9-5-8-19(2,3)11-20)7-6-13-10-22-18(16(13)15)23-17(12)21/h12-13,16,18H,5-11H2,1-4H3/t12?,13-,16+,18?,20-/m0/s1. The van der Waals surface area contributed by atoms with Gasteiger partial charge in [-0.05, 0) is 61.3 Å². The first kappa shape index (κ1) is 15.7. The Morgan fingerprint density at radius 3 is 2.70 bits per heavy atom. The molecule has 4 rings (SSSR count). The lowest BCUT2D eigenvalue weighted by molar-refractivity contribution is -0.185. The molecule has 2 aliphatic carbocycles. The van der Waals surface area contributed by atoms with Crippen LogP contribution in [0.4, 0.5) is 0 Å². The highest BCUT2D eigenvalue weighted by atomic mass is 16.7. The van der Waals surface area contributed by atoms with Crippen molar-refractivity contribution in [3.8, 4) is 0 Å². The Bertz CT molecular complexity index is 561. The zero-order chi connectivity index (χ0) is 16.4. The van der Waals surface area contributed by atoms with Crippen molar-refractivity contribution in [3.63, 3.8) is 0 Å². The Morgan fingerprint density at radius 1 is 1.17 bits per heavy atom. The van der Waals surface area contributed by atoms with E-state index in [0.717, 1.165) is 13.0 Å². The summed E-state index contributed by atoms with van der Waals surface area (Å²) in [5.74, 6) is 0.709. The summed E-state index contributed by atoms with van der Waals surface area (Å²) in [6, 6.07) is 0. The Balaban J connectivity index is 1.79. The highest BCUT2D eigenvalue weighted by Gasteiger charge is 2.53. The molecule has 2 aliphatic heterocycles. The quantitative estimate of drug-likeness (QED) is 0.529. The van der Waals surface area contributed by atoms with Crippen molar-refractivity contribution < 1.29 is 14.3 Å². The van der Waals surface area contributed by atoms with Gasteiger partial charge in [-0.2, -0.15) is 0 Å². The predicted octanol–water partition coefficient (Wildman–Crippen LogP) is 4.46. The van der Waals surface area contributed by atoms with E-state index in [1.807, 2.05) is 6.92 Å². The van der Waals surface area contributed by atoms with Crippen molar-refractivity contribution in [3.05, 3.63) is 11.1 Å². The maximum absolute atomic E-state index is 12.4. The van der Waals surface area contributed by atoms with E-state index >= 15 is 0 Å². The molecule has 0 N–H and O–H groups in total. The minimum absolute atomic E-state index is 0.0834. The third-order valence-electron chi connectivity index (χ3n) is 6.98. The number of rotatable bonds is 1. The maximum atomic E-state index is 12.4. The number of esters is 1. The van der Waals surface area contributed by atoms with E-state index in [0.29, 0.717) is 17.3 Å². The molecule has 0 spiro atoms. The molecule has 2 saturated heterocycles. The Morgan fingerprint density at radius 2 is 1.96 bits per heavy atom. The van der Waals surface area contributed by atoms with Gasteiger partial charge >= 0.3 is 5.97 Å². The second-order valence-corrected chi connectivity index (χ2v) is 9.37. The van der Waals surface area contributed by atoms with Gasteiger partial charge in [-0.15, -0.1) is 0 Å². The highest BCUT2D eigenvalue weighted by Crippen LogP contribution is 2.57. The summed E-state index contributed by atoms with van der Waals surface area (Å²) in [5.41, 5.74) is 3.65. The molecule has 0 aromatic rings. The molecular weight excluding hydrogens is 288 g/mol. The van der Waals surface area contributed by atoms with Crippen LogP contribution in [0.5, 0.6) is 0 Å². The summed E-state index contributed by atoms with van der Waals surface area (Å²) in [6.45, 7) is 10.1. The van der Waals surface area contributed by atoms with Crippen molar-refractivity contribution in [2.45, 2.75) is 72.5 Å². The lowest BCUT2D eigenvalue weighted by atomic mass is 9.56.